The second-order valence-corrected chi connectivity index (χ2v) is 9.24. The number of nitrogen functional groups attached to an aromatic ring is 1. The van der Waals surface area contributed by atoms with Gasteiger partial charge in [-0.1, -0.05) is 6.92 Å². The smallest absolute Gasteiger partial charge is 0.235 e. The monoisotopic (exact) mass is 443 g/mol. The van der Waals surface area contributed by atoms with Gasteiger partial charge in [-0.3, -0.25) is 24.0 Å². The molecule has 6 N–H and O–H groups in total. The fourth-order valence-corrected chi connectivity index (χ4v) is 5.79. The number of anilines is 2. The normalized spacial score (nSPS) is 33.9. The van der Waals surface area contributed by atoms with Crippen LogP contribution in [0.1, 0.15) is 41.6 Å². The first-order valence-corrected chi connectivity index (χ1v) is 10.3. The van der Waals surface area contributed by atoms with E-state index < -0.39 is 70.0 Å². The highest BCUT2D eigenvalue weighted by Gasteiger charge is 2.67. The first kappa shape index (κ1) is 21.9. The number of ketones is 4. The van der Waals surface area contributed by atoms with Crippen LogP contribution < -0.4 is 16.4 Å². The van der Waals surface area contributed by atoms with Crippen LogP contribution in [-0.2, 0) is 19.2 Å². The summed E-state index contributed by atoms with van der Waals surface area (Å²) >= 11 is 0. The van der Waals surface area contributed by atoms with Crippen LogP contribution in [-0.4, -0.2) is 58.9 Å². The van der Waals surface area contributed by atoms with Crippen molar-refractivity contribution in [3.8, 4) is 5.75 Å². The van der Waals surface area contributed by atoms with Crippen LogP contribution in [0.4, 0.5) is 11.4 Å². The van der Waals surface area contributed by atoms with Crippen LogP contribution in [0.3, 0.4) is 0 Å². The highest BCUT2D eigenvalue weighted by molar-refractivity contribution is 6.31. The third-order valence-corrected chi connectivity index (χ3v) is 7.38. The van der Waals surface area contributed by atoms with Gasteiger partial charge in [-0.2, -0.15) is 0 Å². The predicted octanol–water partition coefficient (Wildman–Crippen LogP) is -0.464. The van der Waals surface area contributed by atoms with Gasteiger partial charge >= 0.3 is 0 Å². The fraction of sp³-hybridized carbons (Fsp3) is 0.500. The van der Waals surface area contributed by atoms with Gasteiger partial charge in [0.05, 0.1) is 17.2 Å². The van der Waals surface area contributed by atoms with Crippen molar-refractivity contribution in [1.82, 2.24) is 0 Å². The Kier molecular flexibility index (Phi) is 4.71. The Morgan fingerprint density at radius 1 is 1.19 bits per heavy atom. The standard InChI is InChI=1S/C22H25N3O7/c1-7-9-4-8-5-12(26)15(21(24)31)20(30)22(8,32)19(29)14(9)18(28)16-13(7)11(25(2)3)6-10(23)17(16)27/h6-9,14-15,27,32H,4-5,23H2,1-3H3,(H2,24,31)/t7-,8+,9-,14?,15?,22+/m1/s1. The third-order valence-electron chi connectivity index (χ3n) is 7.38. The molecule has 170 valence electrons. The zero-order valence-electron chi connectivity index (χ0n) is 17.9. The lowest BCUT2D eigenvalue weighted by molar-refractivity contribution is -0.176. The number of aliphatic hydroxyl groups is 1. The van der Waals surface area contributed by atoms with Crippen molar-refractivity contribution in [2.24, 2.45) is 29.4 Å². The number of fused-ring (bicyclic) bond motifs is 3. The van der Waals surface area contributed by atoms with Crippen molar-refractivity contribution in [1.29, 1.82) is 0 Å². The van der Waals surface area contributed by atoms with Crippen LogP contribution in [0.15, 0.2) is 6.07 Å². The molecule has 0 spiro atoms. The molecule has 1 amide bonds. The number of nitrogens with zero attached hydrogens (tertiary/aromatic N) is 1. The van der Waals surface area contributed by atoms with E-state index >= 15 is 0 Å². The summed E-state index contributed by atoms with van der Waals surface area (Å²) in [6.45, 7) is 1.79. The molecule has 0 saturated heterocycles. The lowest BCUT2D eigenvalue weighted by Crippen LogP contribution is -2.68. The van der Waals surface area contributed by atoms with E-state index in [-0.39, 0.29) is 24.1 Å². The Balaban J connectivity index is 1.90. The van der Waals surface area contributed by atoms with Gasteiger partial charge in [-0.25, -0.2) is 0 Å². The number of rotatable bonds is 2. The molecule has 6 atom stereocenters. The number of aromatic hydroxyl groups is 1. The number of nitrogens with two attached hydrogens (primary N) is 2. The molecule has 0 bridgehead atoms. The minimum absolute atomic E-state index is 0.0419. The largest absolute Gasteiger partial charge is 0.505 e. The van der Waals surface area contributed by atoms with E-state index in [4.69, 9.17) is 11.5 Å². The van der Waals surface area contributed by atoms with E-state index in [1.807, 2.05) is 0 Å². The minimum Gasteiger partial charge on any atom is -0.505 e. The summed E-state index contributed by atoms with van der Waals surface area (Å²) in [5.74, 6) is -11.0. The molecule has 0 radical (unpaired) electrons. The lowest BCUT2D eigenvalue weighted by atomic mass is 9.52. The van der Waals surface area contributed by atoms with Gasteiger partial charge in [0.2, 0.25) is 5.91 Å². The summed E-state index contributed by atoms with van der Waals surface area (Å²) in [6, 6.07) is 1.55. The number of carbonyl (C=O) groups is 5. The molecule has 1 aromatic rings. The van der Waals surface area contributed by atoms with Gasteiger partial charge in [0.25, 0.3) is 0 Å². The first-order chi connectivity index (χ1) is 14.8. The molecule has 2 fully saturated rings. The summed E-state index contributed by atoms with van der Waals surface area (Å²) in [6.07, 6.45) is -0.327. The highest BCUT2D eigenvalue weighted by atomic mass is 16.3. The first-order valence-electron chi connectivity index (χ1n) is 10.3. The highest BCUT2D eigenvalue weighted by Crippen LogP contribution is 2.56. The number of hydrogen-bond donors (Lipinski definition) is 4. The molecule has 3 aliphatic carbocycles. The van der Waals surface area contributed by atoms with Crippen molar-refractivity contribution >= 4 is 40.4 Å². The fourth-order valence-electron chi connectivity index (χ4n) is 5.79. The maximum Gasteiger partial charge on any atom is 0.235 e. The number of phenolic OH excluding ortho intramolecular Hbond substituents is 1. The summed E-state index contributed by atoms with van der Waals surface area (Å²) in [5, 5.41) is 21.8. The van der Waals surface area contributed by atoms with Crippen LogP contribution in [0.25, 0.3) is 0 Å². The van der Waals surface area contributed by atoms with Gasteiger partial charge in [-0.15, -0.1) is 0 Å². The second-order valence-electron chi connectivity index (χ2n) is 9.24. The number of Topliss-reactive ketones (excluding diaryl/α,β-unsaturated/α-hetero) is 4. The van der Waals surface area contributed by atoms with Gasteiger partial charge in [0.15, 0.2) is 34.7 Å². The molecule has 4 rings (SSSR count). The van der Waals surface area contributed by atoms with Gasteiger partial charge in [-0.05, 0) is 29.9 Å². The van der Waals surface area contributed by atoms with E-state index in [1.165, 1.54) is 0 Å². The van der Waals surface area contributed by atoms with Crippen LogP contribution >= 0.6 is 0 Å². The van der Waals surface area contributed by atoms with Crippen LogP contribution in [0.5, 0.6) is 5.75 Å². The third kappa shape index (κ3) is 2.59. The van der Waals surface area contributed by atoms with Crippen LogP contribution in [0.2, 0.25) is 0 Å². The van der Waals surface area contributed by atoms with Gasteiger partial charge < -0.3 is 26.6 Å². The molecule has 0 heterocycles. The SMILES string of the molecule is C[C@H]1c2c(N(C)C)cc(N)c(O)c2C(=O)C2C(=O)[C@]3(O)C(=O)C(C(N)=O)C(=O)C[C@@H]3C[C@@H]21. The van der Waals surface area contributed by atoms with E-state index in [0.29, 0.717) is 11.3 Å². The number of phenols is 1. The molecule has 3 aliphatic rings. The maximum absolute atomic E-state index is 13.5. The summed E-state index contributed by atoms with van der Waals surface area (Å²) in [5.41, 5.74) is 9.40. The lowest BCUT2D eigenvalue weighted by Gasteiger charge is -2.50. The molecule has 2 saturated carbocycles. The molecule has 10 heteroatoms. The number of hydrogen-bond acceptors (Lipinski definition) is 9. The van der Waals surface area contributed by atoms with Crippen molar-refractivity contribution in [3.63, 3.8) is 0 Å². The van der Waals surface area contributed by atoms with Crippen molar-refractivity contribution in [2.75, 3.05) is 24.7 Å². The predicted molar refractivity (Wildman–Crippen MR) is 112 cm³/mol. The zero-order chi connectivity index (χ0) is 23.9. The molecular formula is C22H25N3O7. The summed E-state index contributed by atoms with van der Waals surface area (Å²) < 4.78 is 0. The summed E-state index contributed by atoms with van der Waals surface area (Å²) in [4.78, 5) is 65.8. The second kappa shape index (κ2) is 6.86. The number of benzene rings is 1. The van der Waals surface area contributed by atoms with E-state index in [2.05, 4.69) is 0 Å². The maximum atomic E-state index is 13.5. The number of amides is 1. The van der Waals surface area contributed by atoms with Gasteiger partial charge in [0, 0.05) is 32.1 Å². The van der Waals surface area contributed by atoms with Gasteiger partial charge in [0.1, 0.15) is 5.75 Å². The molecule has 32 heavy (non-hydrogen) atoms. The zero-order valence-corrected chi connectivity index (χ0v) is 17.9. The Hall–Kier alpha value is -3.27. The Morgan fingerprint density at radius 2 is 1.81 bits per heavy atom. The van der Waals surface area contributed by atoms with E-state index in [9.17, 15) is 34.2 Å². The van der Waals surface area contributed by atoms with Crippen molar-refractivity contribution in [3.05, 3.63) is 17.2 Å². The Morgan fingerprint density at radius 3 is 2.38 bits per heavy atom. The number of primary amides is 1. The van der Waals surface area contributed by atoms with Crippen molar-refractivity contribution < 1.29 is 34.2 Å². The Labute approximate surface area is 183 Å². The Bertz CT molecular complexity index is 1110. The molecule has 10 nitrogen and oxygen atoms in total. The quantitative estimate of drug-likeness (QED) is 0.267. The molecular weight excluding hydrogens is 418 g/mol. The average molecular weight is 443 g/mol. The average Bonchev–Trinajstić information content (AvgIpc) is 2.69. The topological polar surface area (TPSA) is 181 Å². The van der Waals surface area contributed by atoms with Crippen molar-refractivity contribution in [2.45, 2.75) is 31.3 Å². The molecule has 2 unspecified atom stereocenters. The number of carbonyl (C=O) groups excluding carboxylic acids is 5. The molecule has 0 aromatic heterocycles. The van der Waals surface area contributed by atoms with E-state index in [0.717, 1.165) is 0 Å². The van der Waals surface area contributed by atoms with Crippen LogP contribution in [0, 0.1) is 23.7 Å². The minimum atomic E-state index is -2.66. The van der Waals surface area contributed by atoms with E-state index in [1.54, 1.807) is 32.0 Å². The molecule has 0 aliphatic heterocycles. The summed E-state index contributed by atoms with van der Waals surface area (Å²) in [7, 11) is 3.51. The molecule has 1 aromatic carbocycles.